The largest absolute Gasteiger partial charge is 0.324 e. The first kappa shape index (κ1) is 13.5. The fourth-order valence-corrected chi connectivity index (χ4v) is 2.71. The number of halogens is 1. The Labute approximate surface area is 101 Å². The van der Waals surface area contributed by atoms with Crippen molar-refractivity contribution in [2.45, 2.75) is 17.9 Å². The predicted octanol–water partition coefficient (Wildman–Crippen LogP) is 2.50. The SMILES string of the molecule is C[C@H](N)c1c(F)cccc1SCCN(C)C. The minimum Gasteiger partial charge on any atom is -0.324 e. The molecule has 1 aromatic rings. The molecule has 0 aromatic heterocycles. The van der Waals surface area contributed by atoms with Gasteiger partial charge in [0, 0.05) is 28.8 Å². The molecule has 0 saturated carbocycles. The first-order valence-electron chi connectivity index (χ1n) is 5.34. The Balaban J connectivity index is 2.75. The van der Waals surface area contributed by atoms with E-state index in [1.165, 1.54) is 6.07 Å². The summed E-state index contributed by atoms with van der Waals surface area (Å²) in [5, 5.41) is 0. The first-order chi connectivity index (χ1) is 7.52. The molecule has 0 heterocycles. The van der Waals surface area contributed by atoms with Crippen LogP contribution in [0.3, 0.4) is 0 Å². The molecule has 0 aliphatic heterocycles. The van der Waals surface area contributed by atoms with E-state index < -0.39 is 0 Å². The molecule has 0 radical (unpaired) electrons. The van der Waals surface area contributed by atoms with Gasteiger partial charge in [0.05, 0.1) is 0 Å². The van der Waals surface area contributed by atoms with Crippen molar-refractivity contribution in [3.8, 4) is 0 Å². The van der Waals surface area contributed by atoms with Crippen molar-refractivity contribution in [1.82, 2.24) is 4.90 Å². The van der Waals surface area contributed by atoms with Gasteiger partial charge in [0.2, 0.25) is 0 Å². The number of benzene rings is 1. The Morgan fingerprint density at radius 2 is 2.12 bits per heavy atom. The highest BCUT2D eigenvalue weighted by Gasteiger charge is 2.12. The van der Waals surface area contributed by atoms with Gasteiger partial charge >= 0.3 is 0 Å². The fraction of sp³-hybridized carbons (Fsp3) is 0.500. The van der Waals surface area contributed by atoms with Gasteiger partial charge in [-0.25, -0.2) is 4.39 Å². The van der Waals surface area contributed by atoms with Gasteiger partial charge < -0.3 is 10.6 Å². The summed E-state index contributed by atoms with van der Waals surface area (Å²) in [4.78, 5) is 3.06. The van der Waals surface area contributed by atoms with Crippen LogP contribution in [-0.2, 0) is 0 Å². The molecule has 1 aromatic carbocycles. The Kier molecular flexibility index (Phi) is 5.25. The highest BCUT2D eigenvalue weighted by atomic mass is 32.2. The van der Waals surface area contributed by atoms with E-state index in [1.807, 2.05) is 27.1 Å². The zero-order valence-corrected chi connectivity index (χ0v) is 10.9. The monoisotopic (exact) mass is 242 g/mol. The molecule has 2 nitrogen and oxygen atoms in total. The minimum atomic E-state index is -0.261. The van der Waals surface area contributed by atoms with E-state index in [2.05, 4.69) is 4.90 Å². The Bertz CT molecular complexity index is 340. The van der Waals surface area contributed by atoms with Gasteiger partial charge in [-0.15, -0.1) is 11.8 Å². The molecule has 0 unspecified atom stereocenters. The molecule has 16 heavy (non-hydrogen) atoms. The molecule has 4 heteroatoms. The lowest BCUT2D eigenvalue weighted by atomic mass is 10.1. The molecule has 0 aliphatic rings. The summed E-state index contributed by atoms with van der Waals surface area (Å²) in [7, 11) is 4.05. The molecule has 90 valence electrons. The maximum absolute atomic E-state index is 13.6. The van der Waals surface area contributed by atoms with Crippen molar-refractivity contribution in [3.05, 3.63) is 29.6 Å². The molecule has 2 N–H and O–H groups in total. The Morgan fingerprint density at radius 1 is 1.44 bits per heavy atom. The third-order valence-corrected chi connectivity index (χ3v) is 3.32. The zero-order valence-electron chi connectivity index (χ0n) is 10.0. The molecule has 0 aliphatic carbocycles. The fourth-order valence-electron chi connectivity index (χ4n) is 1.42. The molecule has 0 spiro atoms. The summed E-state index contributed by atoms with van der Waals surface area (Å²) in [5.41, 5.74) is 6.41. The molecule has 1 rings (SSSR count). The number of nitrogens with two attached hydrogens (primary N) is 1. The summed E-state index contributed by atoms with van der Waals surface area (Å²) in [6, 6.07) is 4.87. The van der Waals surface area contributed by atoms with Crippen LogP contribution in [-0.4, -0.2) is 31.3 Å². The standard InChI is InChI=1S/C12H19FN2S/c1-9(14)12-10(13)5-4-6-11(12)16-8-7-15(2)3/h4-6,9H,7-8,14H2,1-3H3/t9-/m0/s1. The summed E-state index contributed by atoms with van der Waals surface area (Å²) in [6.45, 7) is 2.79. The van der Waals surface area contributed by atoms with Crippen LogP contribution >= 0.6 is 11.8 Å². The maximum atomic E-state index is 13.6. The summed E-state index contributed by atoms with van der Waals surface area (Å²) >= 11 is 1.66. The van der Waals surface area contributed by atoms with Crippen LogP contribution in [0.5, 0.6) is 0 Å². The van der Waals surface area contributed by atoms with Gasteiger partial charge in [-0.05, 0) is 33.2 Å². The third-order valence-electron chi connectivity index (χ3n) is 2.26. The Morgan fingerprint density at radius 3 is 2.69 bits per heavy atom. The molecule has 0 amide bonds. The van der Waals surface area contributed by atoms with Crippen molar-refractivity contribution in [1.29, 1.82) is 0 Å². The van der Waals surface area contributed by atoms with Crippen molar-refractivity contribution in [2.75, 3.05) is 26.4 Å². The van der Waals surface area contributed by atoms with Crippen molar-refractivity contribution < 1.29 is 4.39 Å². The van der Waals surface area contributed by atoms with Gasteiger partial charge in [-0.2, -0.15) is 0 Å². The van der Waals surface area contributed by atoms with Gasteiger partial charge in [-0.3, -0.25) is 0 Å². The molecule has 1 atom stereocenters. The normalized spacial score (nSPS) is 13.1. The zero-order chi connectivity index (χ0) is 12.1. The van der Waals surface area contributed by atoms with E-state index in [4.69, 9.17) is 5.73 Å². The van der Waals surface area contributed by atoms with Crippen molar-refractivity contribution in [2.24, 2.45) is 5.73 Å². The maximum Gasteiger partial charge on any atom is 0.129 e. The van der Waals surface area contributed by atoms with E-state index >= 15 is 0 Å². The number of thioether (sulfide) groups is 1. The van der Waals surface area contributed by atoms with Gasteiger partial charge in [0.1, 0.15) is 5.82 Å². The van der Waals surface area contributed by atoms with E-state index in [0.29, 0.717) is 5.56 Å². The highest BCUT2D eigenvalue weighted by molar-refractivity contribution is 7.99. The lowest BCUT2D eigenvalue weighted by Gasteiger charge is -2.14. The van der Waals surface area contributed by atoms with E-state index in [-0.39, 0.29) is 11.9 Å². The summed E-state index contributed by atoms with van der Waals surface area (Å²) in [5.74, 6) is 0.737. The average molecular weight is 242 g/mol. The van der Waals surface area contributed by atoms with Crippen LogP contribution in [0, 0.1) is 5.82 Å². The van der Waals surface area contributed by atoms with Crippen LogP contribution in [0.1, 0.15) is 18.5 Å². The third kappa shape index (κ3) is 3.77. The van der Waals surface area contributed by atoms with E-state index in [0.717, 1.165) is 17.2 Å². The number of nitrogens with zero attached hydrogens (tertiary/aromatic N) is 1. The van der Waals surface area contributed by atoms with Crippen LogP contribution in [0.25, 0.3) is 0 Å². The molecule has 0 bridgehead atoms. The summed E-state index contributed by atoms with van der Waals surface area (Å²) < 4.78 is 13.6. The number of hydrogen-bond donors (Lipinski definition) is 1. The molecular formula is C12H19FN2S. The quantitative estimate of drug-likeness (QED) is 0.804. The Hall–Kier alpha value is -0.580. The van der Waals surface area contributed by atoms with Gasteiger partial charge in [0.25, 0.3) is 0 Å². The van der Waals surface area contributed by atoms with E-state index in [1.54, 1.807) is 17.8 Å². The minimum absolute atomic E-state index is 0.204. The second-order valence-electron chi connectivity index (χ2n) is 4.09. The lowest BCUT2D eigenvalue weighted by Crippen LogP contribution is -2.15. The topological polar surface area (TPSA) is 29.3 Å². The second kappa shape index (κ2) is 6.23. The van der Waals surface area contributed by atoms with Crippen LogP contribution < -0.4 is 5.73 Å². The van der Waals surface area contributed by atoms with Gasteiger partial charge in [-0.1, -0.05) is 6.07 Å². The highest BCUT2D eigenvalue weighted by Crippen LogP contribution is 2.28. The number of rotatable bonds is 5. The van der Waals surface area contributed by atoms with Crippen molar-refractivity contribution >= 4 is 11.8 Å². The molecule has 0 saturated heterocycles. The molecular weight excluding hydrogens is 223 g/mol. The van der Waals surface area contributed by atoms with Crippen LogP contribution in [0.2, 0.25) is 0 Å². The average Bonchev–Trinajstić information content (AvgIpc) is 2.16. The van der Waals surface area contributed by atoms with E-state index in [9.17, 15) is 4.39 Å². The predicted molar refractivity (Wildman–Crippen MR) is 68.3 cm³/mol. The van der Waals surface area contributed by atoms with Crippen LogP contribution in [0.4, 0.5) is 4.39 Å². The van der Waals surface area contributed by atoms with Crippen LogP contribution in [0.15, 0.2) is 23.1 Å². The molecule has 0 fully saturated rings. The lowest BCUT2D eigenvalue weighted by molar-refractivity contribution is 0.437. The number of hydrogen-bond acceptors (Lipinski definition) is 3. The second-order valence-corrected chi connectivity index (χ2v) is 5.23. The van der Waals surface area contributed by atoms with Gasteiger partial charge in [0.15, 0.2) is 0 Å². The summed E-state index contributed by atoms with van der Waals surface area (Å²) in [6.07, 6.45) is 0. The van der Waals surface area contributed by atoms with Crippen molar-refractivity contribution in [3.63, 3.8) is 0 Å². The smallest absolute Gasteiger partial charge is 0.129 e. The first-order valence-corrected chi connectivity index (χ1v) is 6.32.